The number of urea groups is 1. The Morgan fingerprint density at radius 1 is 1.44 bits per heavy atom. The van der Waals surface area contributed by atoms with Crippen LogP contribution in [0.4, 0.5) is 22.4 Å². The Morgan fingerprint density at radius 3 is 2.50 bits per heavy atom. The van der Waals surface area contributed by atoms with Crippen molar-refractivity contribution in [3.63, 3.8) is 0 Å². The van der Waals surface area contributed by atoms with E-state index >= 15 is 0 Å². The molecule has 2 unspecified atom stereocenters. The molecule has 0 bridgehead atoms. The summed E-state index contributed by atoms with van der Waals surface area (Å²) in [6.45, 7) is -1.84. The lowest BCUT2D eigenvalue weighted by atomic mass is 10.2. The monoisotopic (exact) mass is 264 g/mol. The van der Waals surface area contributed by atoms with E-state index in [0.29, 0.717) is 0 Å². The van der Waals surface area contributed by atoms with Gasteiger partial charge in [0.25, 0.3) is 5.91 Å². The minimum Gasteiger partial charge on any atom is -0.344 e. The van der Waals surface area contributed by atoms with Gasteiger partial charge in [0, 0.05) is 0 Å². The maximum atomic E-state index is 13.3. The number of amides is 3. The third-order valence-corrected chi connectivity index (χ3v) is 1.90. The molecule has 1 fully saturated rings. The average molecular weight is 265 g/mol. The number of rotatable bonds is 2. The standard InChI is InChI=1S/C6H5ClF4N2O3/c7-6(11)2(14)12-4(15)13-3(6)16-1-5(8,9)10/h3H,1H2,(H2,12,13,14,15). The van der Waals surface area contributed by atoms with Crippen LogP contribution in [0.15, 0.2) is 0 Å². The Morgan fingerprint density at radius 2 is 2.00 bits per heavy atom. The molecular weight excluding hydrogens is 260 g/mol. The molecule has 1 aliphatic rings. The quantitative estimate of drug-likeness (QED) is 0.568. The molecule has 0 aromatic heterocycles. The van der Waals surface area contributed by atoms with Crippen LogP contribution in [0.25, 0.3) is 0 Å². The van der Waals surface area contributed by atoms with E-state index in [1.165, 1.54) is 5.32 Å². The van der Waals surface area contributed by atoms with E-state index in [1.54, 1.807) is 5.32 Å². The zero-order valence-corrected chi connectivity index (χ0v) is 8.15. The van der Waals surface area contributed by atoms with Crippen LogP contribution in [0.3, 0.4) is 0 Å². The van der Waals surface area contributed by atoms with Gasteiger partial charge >= 0.3 is 17.3 Å². The summed E-state index contributed by atoms with van der Waals surface area (Å²) in [7, 11) is 0. The third kappa shape index (κ3) is 2.95. The van der Waals surface area contributed by atoms with E-state index in [1.807, 2.05) is 0 Å². The van der Waals surface area contributed by atoms with Crippen LogP contribution in [0.2, 0.25) is 0 Å². The number of alkyl halides is 5. The first kappa shape index (κ1) is 13.0. The van der Waals surface area contributed by atoms with Crippen molar-refractivity contribution in [2.24, 2.45) is 0 Å². The molecule has 3 amide bonds. The van der Waals surface area contributed by atoms with Gasteiger partial charge in [-0.25, -0.2) is 9.18 Å². The van der Waals surface area contributed by atoms with Crippen molar-refractivity contribution in [1.82, 2.24) is 10.6 Å². The highest BCUT2D eigenvalue weighted by Crippen LogP contribution is 2.27. The highest BCUT2D eigenvalue weighted by Gasteiger charge is 2.52. The highest BCUT2D eigenvalue weighted by atomic mass is 35.5. The third-order valence-electron chi connectivity index (χ3n) is 1.53. The second kappa shape index (κ2) is 4.06. The van der Waals surface area contributed by atoms with E-state index in [-0.39, 0.29) is 0 Å². The van der Waals surface area contributed by atoms with E-state index < -0.39 is 36.1 Å². The molecule has 92 valence electrons. The predicted octanol–water partition coefficient (Wildman–Crippen LogP) is 0.635. The number of hydrogen-bond donors (Lipinski definition) is 2. The molecule has 10 heteroatoms. The summed E-state index contributed by atoms with van der Waals surface area (Å²) in [4.78, 5) is 21.5. The Balaban J connectivity index is 2.69. The van der Waals surface area contributed by atoms with Crippen molar-refractivity contribution >= 4 is 23.5 Å². The van der Waals surface area contributed by atoms with Crippen molar-refractivity contribution in [2.45, 2.75) is 17.5 Å². The fourth-order valence-corrected chi connectivity index (χ4v) is 1.04. The largest absolute Gasteiger partial charge is 0.411 e. The lowest BCUT2D eigenvalue weighted by Gasteiger charge is -2.31. The molecular formula is C6H5ClF4N2O3. The molecule has 0 radical (unpaired) electrons. The smallest absolute Gasteiger partial charge is 0.344 e. The van der Waals surface area contributed by atoms with Crippen LogP contribution < -0.4 is 10.6 Å². The number of hydrogen-bond acceptors (Lipinski definition) is 3. The summed E-state index contributed by atoms with van der Waals surface area (Å²) >= 11 is 5.00. The van der Waals surface area contributed by atoms with Crippen molar-refractivity contribution in [1.29, 1.82) is 0 Å². The first-order valence-corrected chi connectivity index (χ1v) is 4.19. The van der Waals surface area contributed by atoms with Gasteiger partial charge in [-0.05, 0) is 0 Å². The highest BCUT2D eigenvalue weighted by molar-refractivity contribution is 6.35. The molecule has 0 aromatic rings. The summed E-state index contributed by atoms with van der Waals surface area (Å²) in [6, 6.07) is -1.19. The molecule has 5 nitrogen and oxygen atoms in total. The summed E-state index contributed by atoms with van der Waals surface area (Å²) in [5.41, 5.74) is 0. The molecule has 0 saturated carbocycles. The lowest BCUT2D eigenvalue weighted by molar-refractivity contribution is -0.199. The maximum Gasteiger partial charge on any atom is 0.411 e. The van der Waals surface area contributed by atoms with Gasteiger partial charge in [0.15, 0.2) is 6.23 Å². The van der Waals surface area contributed by atoms with Gasteiger partial charge in [0.2, 0.25) is 0 Å². The topological polar surface area (TPSA) is 67.4 Å². The Bertz CT molecular complexity index is 319. The van der Waals surface area contributed by atoms with Crippen LogP contribution in [0.5, 0.6) is 0 Å². The molecule has 1 rings (SSSR count). The number of carbonyl (C=O) groups is 2. The van der Waals surface area contributed by atoms with Gasteiger partial charge in [0.05, 0.1) is 0 Å². The van der Waals surface area contributed by atoms with E-state index in [0.717, 1.165) is 0 Å². The first-order chi connectivity index (χ1) is 7.13. The molecule has 1 heterocycles. The van der Waals surface area contributed by atoms with Crippen molar-refractivity contribution in [3.8, 4) is 0 Å². The number of imide groups is 1. The molecule has 2 atom stereocenters. The second-order valence-electron chi connectivity index (χ2n) is 2.86. The number of ether oxygens (including phenoxy) is 1. The lowest BCUT2D eigenvalue weighted by Crippen LogP contribution is -2.65. The zero-order valence-electron chi connectivity index (χ0n) is 7.40. The van der Waals surface area contributed by atoms with Crippen LogP contribution >= 0.6 is 11.6 Å². The van der Waals surface area contributed by atoms with Crippen molar-refractivity contribution in [2.75, 3.05) is 6.61 Å². The Kier molecular flexibility index (Phi) is 3.29. The molecule has 1 aliphatic heterocycles. The fourth-order valence-electron chi connectivity index (χ4n) is 0.875. The minimum absolute atomic E-state index is 1.19. The molecule has 0 aliphatic carbocycles. The molecule has 0 spiro atoms. The van der Waals surface area contributed by atoms with Gasteiger partial charge in [0.1, 0.15) is 6.61 Å². The minimum atomic E-state index is -4.73. The maximum absolute atomic E-state index is 13.3. The number of halogens is 5. The van der Waals surface area contributed by atoms with E-state index in [9.17, 15) is 27.2 Å². The van der Waals surface area contributed by atoms with Crippen LogP contribution in [0.1, 0.15) is 0 Å². The Hall–Kier alpha value is -1.09. The van der Waals surface area contributed by atoms with Gasteiger partial charge in [-0.2, -0.15) is 13.2 Å². The van der Waals surface area contributed by atoms with E-state index in [2.05, 4.69) is 4.74 Å². The van der Waals surface area contributed by atoms with Crippen molar-refractivity contribution < 1.29 is 31.9 Å². The summed E-state index contributed by atoms with van der Waals surface area (Å²) in [5.74, 6) is -1.58. The predicted molar refractivity (Wildman–Crippen MR) is 42.2 cm³/mol. The van der Waals surface area contributed by atoms with Gasteiger partial charge in [-0.1, -0.05) is 11.6 Å². The van der Waals surface area contributed by atoms with Gasteiger partial charge in [-0.3, -0.25) is 10.1 Å². The number of carbonyl (C=O) groups excluding carboxylic acids is 2. The van der Waals surface area contributed by atoms with E-state index in [4.69, 9.17) is 11.6 Å². The zero-order chi connectivity index (χ0) is 12.6. The second-order valence-corrected chi connectivity index (χ2v) is 3.41. The van der Waals surface area contributed by atoms with Crippen LogP contribution in [-0.2, 0) is 9.53 Å². The van der Waals surface area contributed by atoms with Gasteiger partial charge in [-0.15, -0.1) is 0 Å². The fraction of sp³-hybridized carbons (Fsp3) is 0.667. The molecule has 1 saturated heterocycles. The molecule has 2 N–H and O–H groups in total. The summed E-state index contributed by atoms with van der Waals surface area (Å²) < 4.78 is 52.6. The van der Waals surface area contributed by atoms with Crippen LogP contribution in [0, 0.1) is 0 Å². The first-order valence-electron chi connectivity index (χ1n) is 3.81. The Labute approximate surface area is 91.1 Å². The van der Waals surface area contributed by atoms with Crippen LogP contribution in [-0.4, -0.2) is 36.1 Å². The summed E-state index contributed by atoms with van der Waals surface area (Å²) in [5, 5.41) is -0.230. The SMILES string of the molecule is O=C1NC(=O)C(F)(Cl)C(OCC(F)(F)F)N1. The van der Waals surface area contributed by atoms with Crippen molar-refractivity contribution in [3.05, 3.63) is 0 Å². The summed E-state index contributed by atoms with van der Waals surface area (Å²) in [6.07, 6.45) is -6.93. The number of nitrogens with one attached hydrogen (secondary N) is 2. The normalized spacial score (nSPS) is 30.9. The molecule has 16 heavy (non-hydrogen) atoms. The van der Waals surface area contributed by atoms with Gasteiger partial charge < -0.3 is 10.1 Å². The average Bonchev–Trinajstić information content (AvgIpc) is 2.08. The molecule has 0 aromatic carbocycles.